The van der Waals surface area contributed by atoms with Gasteiger partial charge in [0.25, 0.3) is 0 Å². The van der Waals surface area contributed by atoms with E-state index in [0.717, 1.165) is 23.1 Å². The van der Waals surface area contributed by atoms with Crippen LogP contribution < -0.4 is 10.2 Å². The molecule has 8 nitrogen and oxygen atoms in total. The molecule has 0 radical (unpaired) electrons. The highest BCUT2D eigenvalue weighted by Gasteiger charge is 2.31. The first-order valence-electron chi connectivity index (χ1n) is 8.65. The molecule has 12 heteroatoms. The molecular weight excluding hydrogens is 453 g/mol. The van der Waals surface area contributed by atoms with E-state index in [4.69, 9.17) is 11.2 Å². The maximum Gasteiger partial charge on any atom is 0.573 e. The second kappa shape index (κ2) is 8.35. The van der Waals surface area contributed by atoms with E-state index >= 15 is 0 Å². The molecule has 0 saturated carbocycles. The van der Waals surface area contributed by atoms with Crippen LogP contribution in [0.5, 0.6) is 5.75 Å². The van der Waals surface area contributed by atoms with Crippen molar-refractivity contribution in [3.63, 3.8) is 0 Å². The Morgan fingerprint density at radius 1 is 1.19 bits per heavy atom. The molecule has 0 saturated heterocycles. The molecule has 0 bridgehead atoms. The van der Waals surface area contributed by atoms with E-state index < -0.39 is 45.6 Å². The van der Waals surface area contributed by atoms with Crippen molar-refractivity contribution in [1.29, 1.82) is 0 Å². The summed E-state index contributed by atoms with van der Waals surface area (Å²) in [6, 6.07) is 8.25. The van der Waals surface area contributed by atoms with Crippen molar-refractivity contribution in [2.24, 2.45) is 0 Å². The molecular formula is C20H13F3N2O6S. The van der Waals surface area contributed by atoms with E-state index in [1.54, 1.807) is 0 Å². The Balaban J connectivity index is 2.30. The summed E-state index contributed by atoms with van der Waals surface area (Å²) in [5.41, 5.74) is -1.65. The zero-order valence-electron chi connectivity index (χ0n) is 16.2. The quantitative estimate of drug-likeness (QED) is 0.420. The number of ether oxygens (including phenoxy) is 2. The van der Waals surface area contributed by atoms with E-state index in [2.05, 4.69) is 15.8 Å². The third-order valence-corrected chi connectivity index (χ3v) is 5.21. The number of rotatable bonds is 5. The lowest BCUT2D eigenvalue weighted by Gasteiger charge is -2.14. The van der Waals surface area contributed by atoms with Crippen LogP contribution in [-0.2, 0) is 14.6 Å². The SMILES string of the molecule is C#CCOC(=O)c1nn(-c2ccc(OC(F)(F)F)cc2)c2cccc(S(C)(=O)=O)c2c1=O. The Kier molecular flexibility index (Phi) is 5.96. The lowest BCUT2D eigenvalue weighted by Crippen LogP contribution is -2.25. The summed E-state index contributed by atoms with van der Waals surface area (Å²) in [4.78, 5) is 24.9. The molecule has 1 aromatic heterocycles. The van der Waals surface area contributed by atoms with E-state index in [-0.39, 0.29) is 21.5 Å². The first-order valence-corrected chi connectivity index (χ1v) is 10.5. The molecule has 166 valence electrons. The molecule has 32 heavy (non-hydrogen) atoms. The van der Waals surface area contributed by atoms with Crippen LogP contribution in [0.25, 0.3) is 16.6 Å². The molecule has 0 aliphatic carbocycles. The van der Waals surface area contributed by atoms with Gasteiger partial charge in [0.05, 0.1) is 21.5 Å². The average Bonchev–Trinajstić information content (AvgIpc) is 2.71. The van der Waals surface area contributed by atoms with Crippen molar-refractivity contribution >= 4 is 26.7 Å². The highest BCUT2D eigenvalue weighted by atomic mass is 32.2. The second-order valence-electron chi connectivity index (χ2n) is 6.33. The first-order chi connectivity index (χ1) is 14.9. The van der Waals surface area contributed by atoms with Crippen molar-refractivity contribution < 1.29 is 35.9 Å². The number of carbonyl (C=O) groups is 1. The standard InChI is InChI=1S/C20H13F3N2O6S/c1-3-11-30-19(27)17-18(26)16-14(5-4-6-15(16)32(2,28)29)25(24-17)12-7-9-13(10-8-12)31-20(21,22)23/h1,4-10H,11H2,2H3. The number of sulfone groups is 1. The third kappa shape index (κ3) is 4.73. The molecule has 3 rings (SSSR count). The maximum absolute atomic E-state index is 13.0. The van der Waals surface area contributed by atoms with Crippen molar-refractivity contribution in [3.8, 4) is 23.8 Å². The van der Waals surface area contributed by atoms with Gasteiger partial charge in [-0.25, -0.2) is 17.9 Å². The smallest absolute Gasteiger partial charge is 0.448 e. The Bertz CT molecular complexity index is 1400. The van der Waals surface area contributed by atoms with Gasteiger partial charge >= 0.3 is 12.3 Å². The summed E-state index contributed by atoms with van der Waals surface area (Å²) >= 11 is 0. The van der Waals surface area contributed by atoms with Gasteiger partial charge in [0.1, 0.15) is 5.75 Å². The number of hydrogen-bond acceptors (Lipinski definition) is 7. The van der Waals surface area contributed by atoms with Gasteiger partial charge in [-0.1, -0.05) is 12.0 Å². The number of terminal acetylenes is 1. The molecule has 0 aliphatic rings. The number of hydrogen-bond donors (Lipinski definition) is 0. The van der Waals surface area contributed by atoms with Crippen molar-refractivity contribution in [3.05, 3.63) is 58.4 Å². The number of alkyl halides is 3. The highest BCUT2D eigenvalue weighted by Crippen LogP contribution is 2.26. The van der Waals surface area contributed by atoms with Crippen LogP contribution in [0.15, 0.2) is 52.2 Å². The topological polar surface area (TPSA) is 105 Å². The van der Waals surface area contributed by atoms with Crippen LogP contribution in [0.2, 0.25) is 0 Å². The molecule has 0 N–H and O–H groups in total. The van der Waals surface area contributed by atoms with Crippen LogP contribution in [0.3, 0.4) is 0 Å². The maximum atomic E-state index is 13.0. The minimum Gasteiger partial charge on any atom is -0.448 e. The normalized spacial score (nSPS) is 11.7. The molecule has 0 aliphatic heterocycles. The van der Waals surface area contributed by atoms with Crippen molar-refractivity contribution in [2.75, 3.05) is 12.9 Å². The van der Waals surface area contributed by atoms with Gasteiger partial charge in [-0.15, -0.1) is 19.6 Å². The van der Waals surface area contributed by atoms with E-state index in [0.29, 0.717) is 0 Å². The predicted octanol–water partition coefficient (Wildman–Crippen LogP) is 2.48. The number of aromatic nitrogens is 2. The zero-order chi connectivity index (χ0) is 23.7. The van der Waals surface area contributed by atoms with Gasteiger partial charge in [0.2, 0.25) is 11.1 Å². The van der Waals surface area contributed by atoms with E-state index in [1.165, 1.54) is 30.3 Å². The summed E-state index contributed by atoms with van der Waals surface area (Å²) in [6.45, 7) is -0.463. The minimum atomic E-state index is -4.90. The largest absolute Gasteiger partial charge is 0.573 e. The van der Waals surface area contributed by atoms with Gasteiger partial charge < -0.3 is 9.47 Å². The Labute approximate surface area is 179 Å². The lowest BCUT2D eigenvalue weighted by atomic mass is 10.2. The highest BCUT2D eigenvalue weighted by molar-refractivity contribution is 7.91. The van der Waals surface area contributed by atoms with E-state index in [9.17, 15) is 31.2 Å². The number of benzene rings is 2. The number of esters is 1. The van der Waals surface area contributed by atoms with Crippen LogP contribution in [0, 0.1) is 12.3 Å². The average molecular weight is 466 g/mol. The Morgan fingerprint density at radius 2 is 1.84 bits per heavy atom. The van der Waals surface area contributed by atoms with Crippen LogP contribution >= 0.6 is 0 Å². The Hall–Kier alpha value is -3.85. The molecule has 0 atom stereocenters. The van der Waals surface area contributed by atoms with Crippen molar-refractivity contribution in [2.45, 2.75) is 11.3 Å². The molecule has 1 heterocycles. The molecule has 0 spiro atoms. The van der Waals surface area contributed by atoms with Gasteiger partial charge in [0, 0.05) is 6.26 Å². The molecule has 0 unspecified atom stereocenters. The first kappa shape index (κ1) is 22.8. The predicted molar refractivity (Wildman–Crippen MR) is 106 cm³/mol. The van der Waals surface area contributed by atoms with Gasteiger partial charge in [-0.05, 0) is 36.4 Å². The number of nitrogens with zero attached hydrogens (tertiary/aromatic N) is 2. The summed E-state index contributed by atoms with van der Waals surface area (Å²) < 4.78 is 71.4. The van der Waals surface area contributed by atoms with Crippen LogP contribution in [0.1, 0.15) is 10.5 Å². The Morgan fingerprint density at radius 3 is 2.41 bits per heavy atom. The summed E-state index contributed by atoms with van der Waals surface area (Å²) in [7, 11) is -3.91. The van der Waals surface area contributed by atoms with E-state index in [1.807, 2.05) is 0 Å². The van der Waals surface area contributed by atoms with Gasteiger partial charge in [-0.3, -0.25) is 4.79 Å². The third-order valence-electron chi connectivity index (χ3n) is 4.07. The minimum absolute atomic E-state index is 0.00378. The summed E-state index contributed by atoms with van der Waals surface area (Å²) in [5.74, 6) is 0.343. The molecule has 2 aromatic carbocycles. The summed E-state index contributed by atoms with van der Waals surface area (Å²) in [5, 5.41) is 3.61. The van der Waals surface area contributed by atoms with Gasteiger partial charge in [-0.2, -0.15) is 5.10 Å². The fourth-order valence-corrected chi connectivity index (χ4v) is 3.74. The molecule has 3 aromatic rings. The second-order valence-corrected chi connectivity index (χ2v) is 8.32. The number of carbonyl (C=O) groups excluding carboxylic acids is 1. The van der Waals surface area contributed by atoms with Crippen LogP contribution in [-0.4, -0.2) is 43.4 Å². The monoisotopic (exact) mass is 466 g/mol. The van der Waals surface area contributed by atoms with Crippen molar-refractivity contribution in [1.82, 2.24) is 9.78 Å². The van der Waals surface area contributed by atoms with Crippen LogP contribution in [0.4, 0.5) is 13.2 Å². The fraction of sp³-hybridized carbons (Fsp3) is 0.150. The number of fused-ring (bicyclic) bond motifs is 1. The molecule has 0 amide bonds. The van der Waals surface area contributed by atoms with Gasteiger partial charge in [0.15, 0.2) is 16.4 Å². The summed E-state index contributed by atoms with van der Waals surface area (Å²) in [6.07, 6.45) is 1.02. The zero-order valence-corrected chi connectivity index (χ0v) is 17.0. The number of halogens is 3. The lowest BCUT2D eigenvalue weighted by molar-refractivity contribution is -0.274. The molecule has 0 fully saturated rings. The fourth-order valence-electron chi connectivity index (χ4n) is 2.85.